The van der Waals surface area contributed by atoms with Crippen LogP contribution in [-0.4, -0.2) is 31.0 Å². The van der Waals surface area contributed by atoms with Crippen molar-refractivity contribution >= 4 is 21.6 Å². The number of hydrogen-bond donors (Lipinski definition) is 1. The number of anilines is 1. The van der Waals surface area contributed by atoms with Crippen LogP contribution in [0.4, 0.5) is 5.82 Å². The van der Waals surface area contributed by atoms with Crippen molar-refractivity contribution in [2.24, 2.45) is 0 Å². The highest BCUT2D eigenvalue weighted by molar-refractivity contribution is 7.87. The smallest absolute Gasteiger partial charge is 0.339 e. The van der Waals surface area contributed by atoms with Gasteiger partial charge >= 0.3 is 10.1 Å². The molecular weight excluding hydrogens is 462 g/mol. The molecule has 1 fully saturated rings. The monoisotopic (exact) mass is 491 g/mol. The zero-order chi connectivity index (χ0) is 24.4. The zero-order valence-electron chi connectivity index (χ0n) is 19.9. The summed E-state index contributed by atoms with van der Waals surface area (Å²) in [6, 6.07) is 17.7. The van der Waals surface area contributed by atoms with E-state index in [1.807, 2.05) is 41.8 Å². The lowest BCUT2D eigenvalue weighted by atomic mass is 9.95. The second kappa shape index (κ2) is 9.62. The molecule has 1 aliphatic carbocycles. The maximum Gasteiger partial charge on any atom is 0.339 e. The normalized spacial score (nSPS) is 14.7. The fourth-order valence-corrected chi connectivity index (χ4v) is 5.50. The van der Waals surface area contributed by atoms with E-state index in [0.29, 0.717) is 23.0 Å². The molecule has 0 atom stereocenters. The number of fused-ring (bicyclic) bond motifs is 1. The lowest BCUT2D eigenvalue weighted by molar-refractivity contribution is 0.414. The molecule has 0 aliphatic heterocycles. The SMILES string of the molecule is COc1ccc(S(=O)(=O)Oc2ccccc2-c2nc3cc(C)ccn3c2NC2CCCCC2)cc1. The van der Waals surface area contributed by atoms with Crippen LogP contribution >= 0.6 is 0 Å². The van der Waals surface area contributed by atoms with Crippen molar-refractivity contribution in [1.29, 1.82) is 0 Å². The Kier molecular flexibility index (Phi) is 6.38. The van der Waals surface area contributed by atoms with Gasteiger partial charge in [0.1, 0.15) is 27.8 Å². The lowest BCUT2D eigenvalue weighted by Gasteiger charge is -2.24. The van der Waals surface area contributed by atoms with Gasteiger partial charge in [0.2, 0.25) is 0 Å². The molecule has 7 nitrogen and oxygen atoms in total. The summed E-state index contributed by atoms with van der Waals surface area (Å²) in [6.07, 6.45) is 7.86. The molecule has 2 aromatic heterocycles. The van der Waals surface area contributed by atoms with Crippen molar-refractivity contribution < 1.29 is 17.3 Å². The van der Waals surface area contributed by atoms with Crippen LogP contribution in [0.25, 0.3) is 16.9 Å². The summed E-state index contributed by atoms with van der Waals surface area (Å²) in [7, 11) is -2.52. The number of pyridine rings is 1. The molecule has 4 aromatic rings. The molecule has 5 rings (SSSR count). The average molecular weight is 492 g/mol. The Labute approximate surface area is 205 Å². The number of hydrogen-bond acceptors (Lipinski definition) is 6. The molecule has 182 valence electrons. The standard InChI is InChI=1S/C27H29N3O4S/c1-19-16-17-30-25(18-19)29-26(27(30)28-20-8-4-3-5-9-20)23-10-6-7-11-24(23)34-35(31,32)22-14-12-21(33-2)13-15-22/h6-7,10-18,20,28H,3-5,8-9H2,1-2H3. The van der Waals surface area contributed by atoms with Gasteiger partial charge in [-0.15, -0.1) is 0 Å². The van der Waals surface area contributed by atoms with Crippen molar-refractivity contribution in [3.05, 3.63) is 72.4 Å². The highest BCUT2D eigenvalue weighted by atomic mass is 32.2. The zero-order valence-corrected chi connectivity index (χ0v) is 20.7. The van der Waals surface area contributed by atoms with Crippen molar-refractivity contribution in [1.82, 2.24) is 9.38 Å². The number of ether oxygens (including phenoxy) is 1. The minimum Gasteiger partial charge on any atom is -0.497 e. The van der Waals surface area contributed by atoms with Crippen LogP contribution < -0.4 is 14.2 Å². The maximum atomic E-state index is 13.1. The van der Waals surface area contributed by atoms with Gasteiger partial charge in [0, 0.05) is 17.8 Å². The Morgan fingerprint density at radius 1 is 1.00 bits per heavy atom. The van der Waals surface area contributed by atoms with E-state index in [-0.39, 0.29) is 10.6 Å². The fraction of sp³-hybridized carbons (Fsp3) is 0.296. The lowest BCUT2D eigenvalue weighted by Crippen LogP contribution is -2.23. The first-order chi connectivity index (χ1) is 16.9. The van der Waals surface area contributed by atoms with Gasteiger partial charge < -0.3 is 14.2 Å². The van der Waals surface area contributed by atoms with Gasteiger partial charge in [0.15, 0.2) is 5.75 Å². The molecule has 0 unspecified atom stereocenters. The Hall–Kier alpha value is -3.52. The van der Waals surface area contributed by atoms with Crippen LogP contribution in [0, 0.1) is 6.92 Å². The van der Waals surface area contributed by atoms with E-state index in [2.05, 4.69) is 5.32 Å². The number of aryl methyl sites for hydroxylation is 1. The van der Waals surface area contributed by atoms with E-state index in [0.717, 1.165) is 29.9 Å². The van der Waals surface area contributed by atoms with E-state index < -0.39 is 10.1 Å². The molecule has 2 aromatic carbocycles. The first-order valence-electron chi connectivity index (χ1n) is 11.9. The van der Waals surface area contributed by atoms with Crippen LogP contribution in [-0.2, 0) is 10.1 Å². The van der Waals surface area contributed by atoms with Crippen molar-refractivity contribution in [3.63, 3.8) is 0 Å². The second-order valence-electron chi connectivity index (χ2n) is 8.93. The third-order valence-corrected chi connectivity index (χ3v) is 7.67. The molecular formula is C27H29N3O4S. The molecule has 2 heterocycles. The van der Waals surface area contributed by atoms with Crippen molar-refractivity contribution in [3.8, 4) is 22.8 Å². The molecule has 0 radical (unpaired) electrons. The minimum absolute atomic E-state index is 0.0549. The van der Waals surface area contributed by atoms with Crippen LogP contribution in [0.3, 0.4) is 0 Å². The molecule has 0 bridgehead atoms. The number of methoxy groups -OCH3 is 1. The van der Waals surface area contributed by atoms with Crippen molar-refractivity contribution in [2.75, 3.05) is 12.4 Å². The molecule has 1 N–H and O–H groups in total. The Balaban J connectivity index is 1.57. The number of rotatable bonds is 7. The minimum atomic E-state index is -4.06. The summed E-state index contributed by atoms with van der Waals surface area (Å²) < 4.78 is 39.0. The Morgan fingerprint density at radius 2 is 1.74 bits per heavy atom. The summed E-state index contributed by atoms with van der Waals surface area (Å²) in [5.74, 6) is 1.66. The van der Waals surface area contributed by atoms with E-state index >= 15 is 0 Å². The quantitative estimate of drug-likeness (QED) is 0.328. The molecule has 1 aliphatic rings. The summed E-state index contributed by atoms with van der Waals surface area (Å²) in [6.45, 7) is 2.03. The Bertz CT molecular complexity index is 1440. The second-order valence-corrected chi connectivity index (χ2v) is 10.5. The molecule has 1 saturated carbocycles. The molecule has 35 heavy (non-hydrogen) atoms. The third kappa shape index (κ3) is 4.84. The first kappa shape index (κ1) is 23.2. The first-order valence-corrected chi connectivity index (χ1v) is 13.3. The Morgan fingerprint density at radius 3 is 2.49 bits per heavy atom. The van der Waals surface area contributed by atoms with Crippen LogP contribution in [0.2, 0.25) is 0 Å². The van der Waals surface area contributed by atoms with Gasteiger partial charge in [-0.3, -0.25) is 4.40 Å². The predicted octanol–water partition coefficient (Wildman–Crippen LogP) is 5.83. The highest BCUT2D eigenvalue weighted by Gasteiger charge is 2.24. The van der Waals surface area contributed by atoms with Crippen LogP contribution in [0.15, 0.2) is 71.8 Å². The maximum absolute atomic E-state index is 13.1. The third-order valence-electron chi connectivity index (χ3n) is 6.42. The van der Waals surface area contributed by atoms with E-state index in [9.17, 15) is 8.42 Å². The van der Waals surface area contributed by atoms with Crippen molar-refractivity contribution in [2.45, 2.75) is 50.0 Å². The average Bonchev–Trinajstić information content (AvgIpc) is 3.21. The largest absolute Gasteiger partial charge is 0.497 e. The topological polar surface area (TPSA) is 81.9 Å². The molecule has 0 saturated heterocycles. The van der Waals surface area contributed by atoms with Crippen LogP contribution in [0.1, 0.15) is 37.7 Å². The van der Waals surface area contributed by atoms with Gasteiger partial charge in [0.05, 0.1) is 7.11 Å². The summed E-state index contributed by atoms with van der Waals surface area (Å²) >= 11 is 0. The molecule has 0 spiro atoms. The van der Waals surface area contributed by atoms with E-state index in [1.165, 1.54) is 38.5 Å². The number of aromatic nitrogens is 2. The number of nitrogens with zero attached hydrogens (tertiary/aromatic N) is 2. The fourth-order valence-electron chi connectivity index (χ4n) is 4.56. The van der Waals surface area contributed by atoms with E-state index in [1.54, 1.807) is 24.3 Å². The van der Waals surface area contributed by atoms with Crippen LogP contribution in [0.5, 0.6) is 11.5 Å². The number of imidazole rings is 1. The number of nitrogens with one attached hydrogen (secondary N) is 1. The number of para-hydroxylation sites is 1. The summed E-state index contributed by atoms with van der Waals surface area (Å²) in [5.41, 5.74) is 3.18. The highest BCUT2D eigenvalue weighted by Crippen LogP contribution is 2.38. The molecule has 0 amide bonds. The summed E-state index contributed by atoms with van der Waals surface area (Å²) in [5, 5.41) is 3.71. The number of benzene rings is 2. The predicted molar refractivity (Wildman–Crippen MR) is 137 cm³/mol. The van der Waals surface area contributed by atoms with Gasteiger partial charge in [0.25, 0.3) is 0 Å². The summed E-state index contributed by atoms with van der Waals surface area (Å²) in [4.78, 5) is 4.96. The van der Waals surface area contributed by atoms with E-state index in [4.69, 9.17) is 13.9 Å². The van der Waals surface area contributed by atoms with Gasteiger partial charge in [-0.1, -0.05) is 31.4 Å². The van der Waals surface area contributed by atoms with Gasteiger partial charge in [-0.25, -0.2) is 4.98 Å². The van der Waals surface area contributed by atoms with Gasteiger partial charge in [-0.05, 0) is 73.9 Å². The van der Waals surface area contributed by atoms with Gasteiger partial charge in [-0.2, -0.15) is 8.42 Å². The molecule has 8 heteroatoms.